The van der Waals surface area contributed by atoms with Gasteiger partial charge in [0.25, 0.3) is 0 Å². The zero-order valence-electron chi connectivity index (χ0n) is 9.21. The number of hydrogen-bond acceptors (Lipinski definition) is 1. The maximum atomic E-state index is 12.9. The van der Waals surface area contributed by atoms with E-state index in [0.717, 1.165) is 37.0 Å². The first-order chi connectivity index (χ1) is 7.02. The number of benzene rings is 1. The van der Waals surface area contributed by atoms with Gasteiger partial charge in [-0.25, -0.2) is 0 Å². The molecule has 0 unspecified atom stereocenters. The van der Waals surface area contributed by atoms with Gasteiger partial charge >= 0.3 is 76.6 Å². The second-order valence-electron chi connectivity index (χ2n) is 3.74. The van der Waals surface area contributed by atoms with Crippen LogP contribution in [0.5, 0.6) is 0 Å². The van der Waals surface area contributed by atoms with Gasteiger partial charge in [0, 0.05) is 0 Å². The SMILES string of the molecule is CN(C)C.Fc1ccc2[nH]ccc2[c]1[SnH]. The number of nitrogens with zero attached hydrogens (tertiary/aromatic N) is 1. The number of halogens is 1. The van der Waals surface area contributed by atoms with Gasteiger partial charge in [0.2, 0.25) is 0 Å². The van der Waals surface area contributed by atoms with Crippen LogP contribution in [0.3, 0.4) is 0 Å². The Labute approximate surface area is 103 Å². The Bertz CT molecular complexity index is 434. The summed E-state index contributed by atoms with van der Waals surface area (Å²) >= 11 is 0.825. The van der Waals surface area contributed by atoms with Gasteiger partial charge < -0.3 is 4.90 Å². The van der Waals surface area contributed by atoms with E-state index < -0.39 is 0 Å². The molecule has 0 spiro atoms. The van der Waals surface area contributed by atoms with Gasteiger partial charge in [0.1, 0.15) is 0 Å². The van der Waals surface area contributed by atoms with E-state index >= 15 is 0 Å². The Balaban J connectivity index is 0.000000245. The summed E-state index contributed by atoms with van der Waals surface area (Å²) in [6.45, 7) is 0. The number of fused-ring (bicyclic) bond motifs is 1. The molecule has 4 heteroatoms. The summed E-state index contributed by atoms with van der Waals surface area (Å²) in [6.07, 6.45) is 1.84. The summed E-state index contributed by atoms with van der Waals surface area (Å²) in [5, 5.41) is 1.02. The molecule has 2 rings (SSSR count). The van der Waals surface area contributed by atoms with Crippen LogP contribution in [0.25, 0.3) is 10.9 Å². The number of aromatic nitrogens is 1. The fourth-order valence-corrected chi connectivity index (χ4v) is 2.12. The van der Waals surface area contributed by atoms with Crippen molar-refractivity contribution in [2.75, 3.05) is 21.1 Å². The third kappa shape index (κ3) is 3.50. The van der Waals surface area contributed by atoms with E-state index in [1.54, 1.807) is 6.07 Å². The van der Waals surface area contributed by atoms with Crippen LogP contribution in [-0.2, 0) is 0 Å². The number of rotatable bonds is 0. The van der Waals surface area contributed by atoms with Crippen LogP contribution < -0.4 is 3.58 Å². The Kier molecular flexibility index (Phi) is 4.60. The van der Waals surface area contributed by atoms with Crippen LogP contribution >= 0.6 is 0 Å². The first-order valence-corrected chi connectivity index (χ1v) is 6.29. The minimum absolute atomic E-state index is 0.0838. The average Bonchev–Trinajstić information content (AvgIpc) is 2.59. The molecule has 0 fully saturated rings. The summed E-state index contributed by atoms with van der Waals surface area (Å²) in [7, 11) is 6.00. The van der Waals surface area contributed by atoms with Gasteiger partial charge in [-0.3, -0.25) is 0 Å². The van der Waals surface area contributed by atoms with Gasteiger partial charge in [0.15, 0.2) is 0 Å². The number of hydrogen-bond donors (Lipinski definition) is 1. The van der Waals surface area contributed by atoms with Crippen molar-refractivity contribution < 1.29 is 4.39 Å². The summed E-state index contributed by atoms with van der Waals surface area (Å²) in [6, 6.07) is 5.20. The number of nitrogens with one attached hydrogen (secondary N) is 1. The minimum atomic E-state index is -0.0838. The molecule has 0 atom stereocenters. The normalized spacial score (nSPS) is 10.3. The quantitative estimate of drug-likeness (QED) is 0.720. The molecule has 1 heterocycles. The van der Waals surface area contributed by atoms with E-state index in [0.29, 0.717) is 0 Å². The predicted octanol–water partition coefficient (Wildman–Crippen LogP) is 1.01. The third-order valence-electron chi connectivity index (χ3n) is 1.72. The fraction of sp³-hybridized carbons (Fsp3) is 0.273. The van der Waals surface area contributed by atoms with Gasteiger partial charge in [-0.05, 0) is 21.1 Å². The zero-order valence-corrected chi connectivity index (χ0v) is 12.5. The van der Waals surface area contributed by atoms with Crippen molar-refractivity contribution in [3.05, 3.63) is 30.2 Å². The van der Waals surface area contributed by atoms with Crippen LogP contribution in [0.4, 0.5) is 4.39 Å². The Morgan fingerprint density at radius 1 is 1.20 bits per heavy atom. The molecule has 1 N–H and O–H groups in total. The molecule has 0 aliphatic heterocycles. The second-order valence-corrected chi connectivity index (χ2v) is 5.39. The van der Waals surface area contributed by atoms with E-state index in [4.69, 9.17) is 0 Å². The van der Waals surface area contributed by atoms with Crippen LogP contribution in [0.2, 0.25) is 0 Å². The molecule has 80 valence electrons. The summed E-state index contributed by atoms with van der Waals surface area (Å²) in [4.78, 5) is 5.04. The van der Waals surface area contributed by atoms with Crippen molar-refractivity contribution in [3.8, 4) is 0 Å². The Morgan fingerprint density at radius 3 is 2.40 bits per heavy atom. The molecule has 0 amide bonds. The number of H-pyrrole nitrogens is 1. The molecule has 2 radical (unpaired) electrons. The van der Waals surface area contributed by atoms with E-state index in [9.17, 15) is 4.39 Å². The topological polar surface area (TPSA) is 19.0 Å². The van der Waals surface area contributed by atoms with Crippen LogP contribution in [0.15, 0.2) is 24.4 Å². The molecular formula is C11H15FN2Sn. The standard InChI is InChI=1S/C8H5FN.C3H9N.Sn.H/c9-7-1-2-8-6(5-7)3-4-10-8;1-4(2)3;;/h1-4,10H;1-3H3;;. The molecule has 15 heavy (non-hydrogen) atoms. The van der Waals surface area contributed by atoms with Crippen LogP contribution in [-0.4, -0.2) is 53.6 Å². The second kappa shape index (κ2) is 5.51. The van der Waals surface area contributed by atoms with E-state index in [2.05, 4.69) is 4.98 Å². The van der Waals surface area contributed by atoms with E-state index in [1.807, 2.05) is 38.3 Å². The van der Waals surface area contributed by atoms with Crippen molar-refractivity contribution in [1.29, 1.82) is 0 Å². The first-order valence-electron chi connectivity index (χ1n) is 4.64. The molecule has 1 aromatic heterocycles. The van der Waals surface area contributed by atoms with Gasteiger partial charge in [-0.1, -0.05) is 0 Å². The van der Waals surface area contributed by atoms with Gasteiger partial charge in [-0.2, -0.15) is 0 Å². The molecule has 0 bridgehead atoms. The Hall–Kier alpha value is -0.551. The van der Waals surface area contributed by atoms with Crippen LogP contribution in [0, 0.1) is 5.82 Å². The molecule has 1 aromatic carbocycles. The fourth-order valence-electron chi connectivity index (χ4n) is 1.13. The molecule has 0 aliphatic rings. The summed E-state index contributed by atoms with van der Waals surface area (Å²) < 4.78 is 13.8. The van der Waals surface area contributed by atoms with Crippen molar-refractivity contribution in [3.63, 3.8) is 0 Å². The molecule has 0 saturated carbocycles. The van der Waals surface area contributed by atoms with Crippen molar-refractivity contribution in [2.24, 2.45) is 0 Å². The summed E-state index contributed by atoms with van der Waals surface area (Å²) in [5.74, 6) is -0.0838. The predicted molar refractivity (Wildman–Crippen MR) is 64.7 cm³/mol. The maximum absolute atomic E-state index is 12.9. The molecular weight excluding hydrogens is 298 g/mol. The van der Waals surface area contributed by atoms with Crippen molar-refractivity contribution in [2.45, 2.75) is 0 Å². The van der Waals surface area contributed by atoms with Gasteiger partial charge in [-0.15, -0.1) is 0 Å². The average molecular weight is 313 g/mol. The zero-order chi connectivity index (χ0) is 11.4. The third-order valence-corrected chi connectivity index (χ3v) is 3.40. The van der Waals surface area contributed by atoms with Crippen molar-refractivity contribution in [1.82, 2.24) is 9.88 Å². The van der Waals surface area contributed by atoms with E-state index in [-0.39, 0.29) is 5.82 Å². The number of aromatic amines is 1. The molecule has 0 saturated heterocycles. The monoisotopic (exact) mass is 314 g/mol. The first kappa shape index (κ1) is 12.5. The molecule has 0 aliphatic carbocycles. The Morgan fingerprint density at radius 2 is 1.80 bits per heavy atom. The summed E-state index contributed by atoms with van der Waals surface area (Å²) in [5.41, 5.74) is 1.02. The molecule has 2 nitrogen and oxygen atoms in total. The van der Waals surface area contributed by atoms with E-state index in [1.165, 1.54) is 6.07 Å². The van der Waals surface area contributed by atoms with Gasteiger partial charge in [0.05, 0.1) is 0 Å². The molecule has 2 aromatic rings. The van der Waals surface area contributed by atoms with Crippen molar-refractivity contribution >= 4 is 37.0 Å². The van der Waals surface area contributed by atoms with Crippen LogP contribution in [0.1, 0.15) is 0 Å².